The van der Waals surface area contributed by atoms with Crippen molar-refractivity contribution in [1.82, 2.24) is 18.3 Å². The van der Waals surface area contributed by atoms with Crippen molar-refractivity contribution < 1.29 is 57.6 Å². The van der Waals surface area contributed by atoms with Crippen LogP contribution in [0.25, 0.3) is 132 Å². The number of fused-ring (bicyclic) bond motifs is 12. The summed E-state index contributed by atoms with van der Waals surface area (Å²) in [7, 11) is 0. The highest BCUT2D eigenvalue weighted by atomic mass is 15.0. The molecule has 0 aliphatic heterocycles. The van der Waals surface area contributed by atoms with E-state index in [0.29, 0.717) is 18.3 Å². The Morgan fingerprint density at radius 3 is 0.900 bits per heavy atom. The topological polar surface area (TPSA) is 19.7 Å². The third-order valence-corrected chi connectivity index (χ3v) is 11.8. The van der Waals surface area contributed by atoms with Crippen LogP contribution in [0.2, 0.25) is 0 Å². The molecular weight excluding hydrogens is 849 g/mol. The standard InChI is InChI=1S/C66H42N4/c1-10-31-56-44(20-1)45-21-2-11-32-57(45)67(56)43-40-41-65-55(42-43)52-28-9-18-39-64(52)70(65)66-53(50-26-7-16-37-62(50)68-58-33-12-3-22-46(58)47-23-4-13-34-59(47)68)29-19-30-54(66)51-27-8-17-38-63(51)69-60-35-14-5-24-48(60)49-25-6-15-36-61(49)69/h1-42H/i1D,2D,3D,4D,5D,6D,7D,8D,9D,10D,11D,12D,13D,14D,15D,16D,17D,18D,19D,20D,21D,22D,23D,24D,25D,26D,27D,28D,29D,30D,31D,32D,33D,34D,35D,36D,37D,38D,39D,40D,41D,42D. The highest BCUT2D eigenvalue weighted by Gasteiger charge is 2.25. The second kappa shape index (κ2) is 15.1. The van der Waals surface area contributed by atoms with E-state index in [0.717, 1.165) is 0 Å². The summed E-state index contributed by atoms with van der Waals surface area (Å²) in [6, 6.07) is -49.3. The number of hydrogen-bond donors (Lipinski definition) is 0. The van der Waals surface area contributed by atoms with Gasteiger partial charge >= 0.3 is 0 Å². The van der Waals surface area contributed by atoms with Crippen LogP contribution in [-0.2, 0) is 0 Å². The summed E-state index contributed by atoms with van der Waals surface area (Å²) < 4.78 is 401. The van der Waals surface area contributed by atoms with E-state index < -0.39 is 386 Å². The van der Waals surface area contributed by atoms with Crippen LogP contribution in [0.1, 0.15) is 57.6 Å². The van der Waals surface area contributed by atoms with Crippen LogP contribution in [0.5, 0.6) is 0 Å². The molecule has 0 saturated heterocycles. The van der Waals surface area contributed by atoms with Gasteiger partial charge in [0.05, 0.1) is 119 Å². The van der Waals surface area contributed by atoms with Gasteiger partial charge in [-0.15, -0.1) is 0 Å². The minimum absolute atomic E-state index is 0.458. The summed E-state index contributed by atoms with van der Waals surface area (Å²) in [4.78, 5) is 0. The van der Waals surface area contributed by atoms with Gasteiger partial charge in [-0.05, 0) is 72.5 Å². The Hall–Kier alpha value is -9.38. The summed E-state index contributed by atoms with van der Waals surface area (Å²) in [5.74, 6) is 0. The Balaban J connectivity index is 1.31. The first kappa shape index (κ1) is 15.8. The lowest BCUT2D eigenvalue weighted by Crippen LogP contribution is -2.05. The van der Waals surface area contributed by atoms with Crippen molar-refractivity contribution >= 4 is 87.2 Å². The van der Waals surface area contributed by atoms with Gasteiger partial charge in [0.15, 0.2) is 0 Å². The zero-order chi connectivity index (χ0) is 82.4. The van der Waals surface area contributed by atoms with Crippen LogP contribution in [0.15, 0.2) is 254 Å². The van der Waals surface area contributed by atoms with Gasteiger partial charge in [-0.3, -0.25) is 0 Å². The van der Waals surface area contributed by atoms with E-state index in [4.69, 9.17) is 16.4 Å². The third kappa shape index (κ3) is 5.47. The van der Waals surface area contributed by atoms with Gasteiger partial charge in [-0.1, -0.05) is 181 Å². The maximum Gasteiger partial charge on any atom is 0.0652 e. The maximum absolute atomic E-state index is 10.6. The smallest absolute Gasteiger partial charge is 0.0652 e. The van der Waals surface area contributed by atoms with E-state index in [2.05, 4.69) is 0 Å². The first-order valence-electron chi connectivity index (χ1n) is 41.7. The molecule has 4 nitrogen and oxygen atoms in total. The molecule has 0 aliphatic carbocycles. The predicted molar refractivity (Wildman–Crippen MR) is 295 cm³/mol. The molecule has 70 heavy (non-hydrogen) atoms. The molecule has 4 heterocycles. The highest BCUT2D eigenvalue weighted by Crippen LogP contribution is 2.47. The van der Waals surface area contributed by atoms with Crippen LogP contribution in [-0.4, -0.2) is 18.3 Å². The Bertz CT molecular complexity index is 6650. The van der Waals surface area contributed by atoms with Crippen LogP contribution in [0, 0.1) is 0 Å². The summed E-state index contributed by atoms with van der Waals surface area (Å²) >= 11 is 0. The second-order valence-corrected chi connectivity index (χ2v) is 15.3. The van der Waals surface area contributed by atoms with Gasteiger partial charge in [0.2, 0.25) is 0 Å². The summed E-state index contributed by atoms with van der Waals surface area (Å²) in [6.45, 7) is 0. The fourth-order valence-electron chi connectivity index (χ4n) is 9.07. The lowest BCUT2D eigenvalue weighted by molar-refractivity contribution is 1.15. The number of hydrogen-bond acceptors (Lipinski definition) is 0. The second-order valence-electron chi connectivity index (χ2n) is 15.3. The Morgan fingerprint density at radius 1 is 0.214 bits per heavy atom. The summed E-state index contributed by atoms with van der Waals surface area (Å²) in [5, 5.41) is -6.27. The molecule has 4 aromatic heterocycles. The molecule has 0 bridgehead atoms. The number of aromatic nitrogens is 4. The zero-order valence-corrected chi connectivity index (χ0v) is 34.8. The van der Waals surface area contributed by atoms with Crippen LogP contribution in [0.3, 0.4) is 0 Å². The first-order valence-corrected chi connectivity index (χ1v) is 20.7. The van der Waals surface area contributed by atoms with E-state index in [9.17, 15) is 41.1 Å². The molecular formula is C66H42N4. The molecule has 0 spiro atoms. The molecule has 11 aromatic carbocycles. The molecule has 0 saturated carbocycles. The van der Waals surface area contributed by atoms with E-state index in [1.54, 1.807) is 0 Å². The van der Waals surface area contributed by atoms with Crippen molar-refractivity contribution in [2.24, 2.45) is 0 Å². The van der Waals surface area contributed by atoms with Crippen molar-refractivity contribution in [2.75, 3.05) is 0 Å². The molecule has 0 amide bonds. The maximum atomic E-state index is 10.6. The van der Waals surface area contributed by atoms with Crippen molar-refractivity contribution in [1.29, 1.82) is 0 Å². The monoisotopic (exact) mass is 933 g/mol. The molecule has 326 valence electrons. The van der Waals surface area contributed by atoms with Gasteiger partial charge in [0.1, 0.15) is 0 Å². The molecule has 15 aromatic rings. The normalized spacial score (nSPS) is 20.4. The molecule has 0 N–H and O–H groups in total. The van der Waals surface area contributed by atoms with Gasteiger partial charge in [0.25, 0.3) is 0 Å². The Morgan fingerprint density at radius 2 is 0.500 bits per heavy atom. The average Bonchev–Trinajstić information content (AvgIpc) is 1.53. The Labute approximate surface area is 462 Å². The van der Waals surface area contributed by atoms with E-state index >= 15 is 0 Å². The minimum Gasteiger partial charge on any atom is -0.309 e. The fourth-order valence-corrected chi connectivity index (χ4v) is 9.07. The average molecular weight is 933 g/mol. The van der Waals surface area contributed by atoms with Crippen LogP contribution < -0.4 is 0 Å². The van der Waals surface area contributed by atoms with E-state index in [1.165, 1.54) is 0 Å². The fraction of sp³-hybridized carbons (Fsp3) is 0. The number of nitrogens with zero attached hydrogens (tertiary/aromatic N) is 4. The third-order valence-electron chi connectivity index (χ3n) is 11.8. The molecule has 0 fully saturated rings. The molecule has 0 atom stereocenters. The van der Waals surface area contributed by atoms with Crippen LogP contribution >= 0.6 is 0 Å². The van der Waals surface area contributed by atoms with Crippen molar-refractivity contribution in [3.8, 4) is 45.0 Å². The molecule has 0 aliphatic rings. The number of para-hydroxylation sites is 10. The SMILES string of the molecule is [2H]c1c([2H])c([2H])c(-n2c3c([2H])c([2H])c([2H])c([2H])c3c3c([2H])c([2H])c([2H])c([2H])c32)c(-c2c([2H])c([2H])c([2H])c(-c3c([2H])c([2H])c([2H])c([2H])c3-n3c4c([2H])c([2H])c([2H])c([2H])c4c4c([2H])c([2H])c([2H])c([2H])c43)c2-n2c3c([2H])c([2H])c([2H])c([2H])c3c3c([2H])c(-n4c5c([2H])c([2H])c([2H])c([2H])c5c5c([2H])c([2H])c([2H])c([2H])c54)c([2H])c([2H])c32)c1[2H]. The summed E-state index contributed by atoms with van der Waals surface area (Å²) in [5.41, 5.74) is -17.6. The van der Waals surface area contributed by atoms with Crippen molar-refractivity contribution in [3.05, 3.63) is 254 Å². The predicted octanol–water partition coefficient (Wildman–Crippen LogP) is 17.4. The number of benzene rings is 11. The molecule has 15 rings (SSSR count). The van der Waals surface area contributed by atoms with Crippen molar-refractivity contribution in [3.63, 3.8) is 0 Å². The highest BCUT2D eigenvalue weighted by molar-refractivity contribution is 6.15. The first-order chi connectivity index (χ1) is 52.2. The lowest BCUT2D eigenvalue weighted by atomic mass is 9.93. The van der Waals surface area contributed by atoms with E-state index in [-0.39, 0.29) is 0 Å². The quantitative estimate of drug-likeness (QED) is 0.158. The Kier molecular flexibility index (Phi) is 3.41. The lowest BCUT2D eigenvalue weighted by Gasteiger charge is -2.23. The van der Waals surface area contributed by atoms with Gasteiger partial charge in [0, 0.05) is 71.0 Å². The van der Waals surface area contributed by atoms with Gasteiger partial charge in [-0.2, -0.15) is 0 Å². The van der Waals surface area contributed by atoms with Gasteiger partial charge < -0.3 is 18.3 Å². The van der Waals surface area contributed by atoms with Crippen LogP contribution in [0.4, 0.5) is 0 Å². The largest absolute Gasteiger partial charge is 0.309 e. The summed E-state index contributed by atoms with van der Waals surface area (Å²) in [6.07, 6.45) is 0. The van der Waals surface area contributed by atoms with Gasteiger partial charge in [-0.25, -0.2) is 0 Å². The molecule has 0 unspecified atom stereocenters. The molecule has 4 heteroatoms. The number of rotatable bonds is 6. The minimum atomic E-state index is -1.49. The molecule has 0 radical (unpaired) electrons. The van der Waals surface area contributed by atoms with E-state index in [1.807, 2.05) is 0 Å². The zero-order valence-electron chi connectivity index (χ0n) is 76.8. The van der Waals surface area contributed by atoms with Crippen molar-refractivity contribution in [2.45, 2.75) is 0 Å².